The third-order valence-corrected chi connectivity index (χ3v) is 12.4. The number of anilines is 6. The van der Waals surface area contributed by atoms with Crippen molar-refractivity contribution in [2.24, 2.45) is 0 Å². The van der Waals surface area contributed by atoms with Gasteiger partial charge in [-0.2, -0.15) is 0 Å². The maximum atomic E-state index is 7.23. The maximum Gasteiger partial charge on any atom is 0.297 e. The van der Waals surface area contributed by atoms with Gasteiger partial charge in [0.05, 0.1) is 11.3 Å². The molecule has 2 aliphatic heterocycles. The molecule has 0 spiro atoms. The van der Waals surface area contributed by atoms with Crippen molar-refractivity contribution in [3.8, 4) is 0 Å². The van der Waals surface area contributed by atoms with Crippen LogP contribution in [0.15, 0.2) is 95.4 Å². The molecule has 6 aromatic rings. The van der Waals surface area contributed by atoms with E-state index in [0.717, 1.165) is 11.2 Å². The molecule has 0 atom stereocenters. The molecule has 1 aliphatic carbocycles. The molecule has 5 aromatic carbocycles. The van der Waals surface area contributed by atoms with Crippen LogP contribution in [-0.2, 0) is 16.2 Å². The second kappa shape index (κ2) is 10.7. The van der Waals surface area contributed by atoms with E-state index < -0.39 is 0 Å². The zero-order chi connectivity index (χ0) is 35.8. The van der Waals surface area contributed by atoms with Crippen molar-refractivity contribution in [1.82, 2.24) is 0 Å². The van der Waals surface area contributed by atoms with Crippen LogP contribution in [0.25, 0.3) is 11.0 Å². The topological polar surface area (TPSA) is 19.6 Å². The van der Waals surface area contributed by atoms with Crippen molar-refractivity contribution in [3.63, 3.8) is 0 Å². The van der Waals surface area contributed by atoms with Crippen molar-refractivity contribution in [3.05, 3.63) is 124 Å². The normalized spacial score (nSPS) is 16.9. The molecule has 3 aliphatic rings. The Morgan fingerprint density at radius 2 is 1.20 bits per heavy atom. The Bertz CT molecular complexity index is 2420. The fourth-order valence-corrected chi connectivity index (χ4v) is 9.28. The Hall–Kier alpha value is -4.70. The van der Waals surface area contributed by atoms with Crippen LogP contribution in [0.5, 0.6) is 0 Å². The fraction of sp³-hybridized carbons (Fsp3) is 0.319. The van der Waals surface area contributed by atoms with E-state index in [1.807, 2.05) is 0 Å². The van der Waals surface area contributed by atoms with Crippen LogP contribution in [0.4, 0.5) is 34.1 Å². The van der Waals surface area contributed by atoms with Crippen LogP contribution in [0.3, 0.4) is 0 Å². The third kappa shape index (κ3) is 4.64. The summed E-state index contributed by atoms with van der Waals surface area (Å²) in [4.78, 5) is 5.10. The van der Waals surface area contributed by atoms with E-state index in [1.54, 1.807) is 0 Å². The number of para-hydroxylation sites is 2. The number of furan rings is 1. The quantitative estimate of drug-likeness (QED) is 0.171. The summed E-state index contributed by atoms with van der Waals surface area (Å²) in [6, 6.07) is 34.6. The number of hydrogen-bond acceptors (Lipinski definition) is 3. The molecule has 0 amide bonds. The molecule has 0 N–H and O–H groups in total. The Kier molecular flexibility index (Phi) is 6.74. The van der Waals surface area contributed by atoms with E-state index in [4.69, 9.17) is 4.42 Å². The van der Waals surface area contributed by atoms with Crippen molar-refractivity contribution >= 4 is 68.4 Å². The summed E-state index contributed by atoms with van der Waals surface area (Å²) < 4.78 is 7.23. The summed E-state index contributed by atoms with van der Waals surface area (Å²) in [6.45, 7) is 23.3. The lowest BCUT2D eigenvalue weighted by Crippen LogP contribution is -2.61. The molecule has 4 heteroatoms. The molecule has 0 radical (unpaired) electrons. The first-order valence-corrected chi connectivity index (χ1v) is 18.8. The molecule has 0 fully saturated rings. The summed E-state index contributed by atoms with van der Waals surface area (Å²) in [7, 11) is 0. The molecule has 3 heterocycles. The van der Waals surface area contributed by atoms with E-state index in [1.165, 1.54) is 96.7 Å². The lowest BCUT2D eigenvalue weighted by molar-refractivity contribution is 0.332. The largest absolute Gasteiger partial charge is 0.468 e. The van der Waals surface area contributed by atoms with E-state index in [2.05, 4.69) is 170 Å². The minimum Gasteiger partial charge on any atom is -0.468 e. The van der Waals surface area contributed by atoms with Gasteiger partial charge < -0.3 is 14.2 Å². The second-order valence-electron chi connectivity index (χ2n) is 17.9. The fourth-order valence-electron chi connectivity index (χ4n) is 9.28. The number of nitrogens with zero attached hydrogens (tertiary/aromatic N) is 2. The second-order valence-corrected chi connectivity index (χ2v) is 17.9. The molecule has 0 saturated carbocycles. The molecule has 51 heavy (non-hydrogen) atoms. The average Bonchev–Trinajstić information content (AvgIpc) is 3.45. The molecule has 3 nitrogen and oxygen atoms in total. The minimum absolute atomic E-state index is 0.00506. The van der Waals surface area contributed by atoms with Crippen molar-refractivity contribution in [2.75, 3.05) is 9.80 Å². The SMILES string of the molecule is Cc1cc2c3c(c1)N(c1ccccc1C)c1c(oc4ccc(C(C)(C)C)cc14)B3c1cc3c(cc1N2c1ccccc1C)C(C)(C)CCC3(C)C. The highest BCUT2D eigenvalue weighted by molar-refractivity contribution is 7.00. The lowest BCUT2D eigenvalue weighted by atomic mass is 9.35. The Balaban J connectivity index is 1.46. The van der Waals surface area contributed by atoms with Gasteiger partial charge in [0.25, 0.3) is 6.71 Å². The van der Waals surface area contributed by atoms with Crippen molar-refractivity contribution < 1.29 is 4.42 Å². The third-order valence-electron chi connectivity index (χ3n) is 12.4. The Morgan fingerprint density at radius 3 is 1.80 bits per heavy atom. The smallest absolute Gasteiger partial charge is 0.297 e. The molecule has 9 rings (SSSR count). The van der Waals surface area contributed by atoms with E-state index in [-0.39, 0.29) is 23.0 Å². The summed E-state index contributed by atoms with van der Waals surface area (Å²) in [5, 5.41) is 1.18. The Morgan fingerprint density at radius 1 is 0.627 bits per heavy atom. The van der Waals surface area contributed by atoms with Crippen molar-refractivity contribution in [1.29, 1.82) is 0 Å². The first kappa shape index (κ1) is 32.2. The van der Waals surface area contributed by atoms with Crippen molar-refractivity contribution in [2.45, 2.75) is 98.3 Å². The highest BCUT2D eigenvalue weighted by Crippen LogP contribution is 2.52. The first-order valence-electron chi connectivity index (χ1n) is 18.8. The maximum absolute atomic E-state index is 7.23. The molecule has 0 unspecified atom stereocenters. The van der Waals surface area contributed by atoms with Gasteiger partial charge >= 0.3 is 0 Å². The first-order chi connectivity index (χ1) is 24.2. The van der Waals surface area contributed by atoms with E-state index in [9.17, 15) is 0 Å². The van der Waals surface area contributed by atoms with Gasteiger partial charge in [-0.05, 0) is 137 Å². The van der Waals surface area contributed by atoms with Gasteiger partial charge in [0, 0.05) is 33.8 Å². The van der Waals surface area contributed by atoms with Crippen LogP contribution in [0.2, 0.25) is 0 Å². The van der Waals surface area contributed by atoms with Crippen LogP contribution in [0.1, 0.15) is 94.7 Å². The number of benzene rings is 5. The zero-order valence-electron chi connectivity index (χ0n) is 32.0. The van der Waals surface area contributed by atoms with E-state index >= 15 is 0 Å². The standard InChI is InChI=1S/C47H49BN2O/c1-28-23-39-42-40(24-28)50(37-18-14-12-16-30(37)3)43-32-25-31(45(4,5)6)19-20-41(32)51-44(43)48(42)35-26-33-34(47(9,10)22-21-46(33,7)8)27-38(35)49(39)36-17-13-11-15-29(36)2/h11-20,23-27H,21-22H2,1-10H3. The summed E-state index contributed by atoms with van der Waals surface area (Å²) in [6.07, 6.45) is 2.35. The highest BCUT2D eigenvalue weighted by Gasteiger charge is 2.49. The van der Waals surface area contributed by atoms with Gasteiger partial charge in [0.15, 0.2) is 0 Å². The van der Waals surface area contributed by atoms with Crippen LogP contribution >= 0.6 is 0 Å². The van der Waals surface area contributed by atoms with Gasteiger partial charge in [-0.1, -0.05) is 97.0 Å². The number of aryl methyl sites for hydroxylation is 3. The van der Waals surface area contributed by atoms with Crippen LogP contribution in [0, 0.1) is 20.8 Å². The molecular weight excluding hydrogens is 619 g/mol. The summed E-state index contributed by atoms with van der Waals surface area (Å²) in [5.74, 6) is 0. The molecule has 256 valence electrons. The molecular formula is C47H49BN2O. The molecule has 1 aromatic heterocycles. The molecule has 0 bridgehead atoms. The summed E-state index contributed by atoms with van der Waals surface area (Å²) in [5.41, 5.74) is 20.1. The number of rotatable bonds is 2. The molecule has 0 saturated heterocycles. The van der Waals surface area contributed by atoms with Gasteiger partial charge in [0.2, 0.25) is 0 Å². The average molecular weight is 669 g/mol. The van der Waals surface area contributed by atoms with Gasteiger partial charge in [-0.15, -0.1) is 0 Å². The Labute approximate surface area is 304 Å². The number of fused-ring (bicyclic) bond motifs is 7. The lowest BCUT2D eigenvalue weighted by Gasteiger charge is -2.47. The van der Waals surface area contributed by atoms with Gasteiger partial charge in [0.1, 0.15) is 5.58 Å². The van der Waals surface area contributed by atoms with Gasteiger partial charge in [-0.3, -0.25) is 0 Å². The zero-order valence-corrected chi connectivity index (χ0v) is 32.0. The van der Waals surface area contributed by atoms with Gasteiger partial charge in [-0.25, -0.2) is 0 Å². The number of hydrogen-bond donors (Lipinski definition) is 0. The van der Waals surface area contributed by atoms with E-state index in [0.29, 0.717) is 0 Å². The predicted octanol–water partition coefficient (Wildman–Crippen LogP) is 11.1. The van der Waals surface area contributed by atoms with Crippen LogP contribution in [-0.4, -0.2) is 6.71 Å². The predicted molar refractivity (Wildman–Crippen MR) is 218 cm³/mol. The van der Waals surface area contributed by atoms with Crippen LogP contribution < -0.4 is 26.4 Å². The monoisotopic (exact) mass is 668 g/mol. The summed E-state index contributed by atoms with van der Waals surface area (Å²) >= 11 is 0. The minimum atomic E-state index is -0.0576. The highest BCUT2D eigenvalue weighted by atomic mass is 16.3.